The second kappa shape index (κ2) is 12.5. The molecule has 1 heterocycles. The van der Waals surface area contributed by atoms with Gasteiger partial charge < -0.3 is 23.8 Å². The minimum Gasteiger partial charge on any atom is -0.478 e. The molecule has 3 aromatic rings. The number of nitrogens with zero attached hydrogens (tertiary/aromatic N) is 1. The van der Waals surface area contributed by atoms with Crippen LogP contribution in [0.5, 0.6) is 17.2 Å². The predicted octanol–water partition coefficient (Wildman–Crippen LogP) is 7.47. The molecule has 192 valence electrons. The fourth-order valence-corrected chi connectivity index (χ4v) is 3.04. The molecule has 0 aliphatic carbocycles. The fourth-order valence-electron chi connectivity index (χ4n) is 3.04. The Morgan fingerprint density at radius 2 is 1.81 bits per heavy atom. The third kappa shape index (κ3) is 7.43. The zero-order valence-electron chi connectivity index (χ0n) is 20.5. The Morgan fingerprint density at radius 3 is 2.44 bits per heavy atom. The van der Waals surface area contributed by atoms with Gasteiger partial charge >= 0.3 is 12.6 Å². The topological polar surface area (TPSA) is 91.0 Å². The molecule has 0 saturated carbocycles. The van der Waals surface area contributed by atoms with Gasteiger partial charge in [-0.05, 0) is 57.2 Å². The summed E-state index contributed by atoms with van der Waals surface area (Å²) in [6, 6.07) is 11.8. The molecule has 1 atom stereocenters. The van der Waals surface area contributed by atoms with Crippen LogP contribution in [0.2, 0.25) is 0 Å². The van der Waals surface area contributed by atoms with E-state index in [0.717, 1.165) is 5.39 Å². The molecule has 3 rings (SSSR count). The van der Waals surface area contributed by atoms with Crippen LogP contribution >= 0.6 is 0 Å². The number of halogens is 2. The van der Waals surface area contributed by atoms with Gasteiger partial charge in [-0.15, -0.1) is 13.2 Å². The van der Waals surface area contributed by atoms with Crippen LogP contribution in [0, 0.1) is 0 Å². The van der Waals surface area contributed by atoms with Crippen LogP contribution in [-0.4, -0.2) is 28.4 Å². The number of aliphatic carboxylic acids is 1. The number of carbonyl (C=O) groups is 1. The van der Waals surface area contributed by atoms with Gasteiger partial charge in [0, 0.05) is 23.4 Å². The summed E-state index contributed by atoms with van der Waals surface area (Å²) >= 11 is 0. The Balaban J connectivity index is 0.00000222. The molecule has 7 nitrogen and oxygen atoms in total. The van der Waals surface area contributed by atoms with Crippen molar-refractivity contribution < 1.29 is 37.4 Å². The van der Waals surface area contributed by atoms with E-state index in [1.54, 1.807) is 55.5 Å². The number of fused-ring (bicyclic) bond motifs is 1. The number of allylic oxidation sites excluding steroid dienone is 3. The first-order chi connectivity index (χ1) is 17.1. The quantitative estimate of drug-likeness (QED) is 0.175. The molecule has 1 aromatic heterocycles. The van der Waals surface area contributed by atoms with E-state index >= 15 is 0 Å². The highest BCUT2D eigenvalue weighted by atomic mass is 19.3. The number of benzene rings is 2. The van der Waals surface area contributed by atoms with Gasteiger partial charge in [0.05, 0.1) is 5.69 Å². The molecule has 2 aromatic carbocycles. The molecule has 1 unspecified atom stereocenters. The van der Waals surface area contributed by atoms with E-state index in [1.165, 1.54) is 26.0 Å². The van der Waals surface area contributed by atoms with Crippen LogP contribution in [0.3, 0.4) is 0 Å². The largest absolute Gasteiger partial charge is 0.478 e. The van der Waals surface area contributed by atoms with Crippen LogP contribution < -0.4 is 9.47 Å². The number of carboxylic acid groups (broad SMARTS) is 1. The summed E-state index contributed by atoms with van der Waals surface area (Å²) in [4.78, 5) is 11.3. The van der Waals surface area contributed by atoms with E-state index in [0.29, 0.717) is 28.5 Å². The monoisotopic (exact) mass is 501 g/mol. The van der Waals surface area contributed by atoms with Crippen molar-refractivity contribution >= 4 is 16.9 Å². The molecule has 0 aliphatic heterocycles. The minimum absolute atomic E-state index is 0.0586. The Bertz CT molecular complexity index is 1230. The summed E-state index contributed by atoms with van der Waals surface area (Å²) in [6.45, 7) is 9.49. The molecule has 9 heteroatoms. The summed E-state index contributed by atoms with van der Waals surface area (Å²) in [6.07, 6.45) is 4.61. The Kier molecular flexibility index (Phi) is 9.78. The van der Waals surface area contributed by atoms with Crippen molar-refractivity contribution in [3.63, 3.8) is 0 Å². The van der Waals surface area contributed by atoms with Crippen molar-refractivity contribution in [1.29, 1.82) is 0 Å². The highest BCUT2D eigenvalue weighted by molar-refractivity contribution is 5.81. The summed E-state index contributed by atoms with van der Waals surface area (Å²) in [7, 11) is 0. The number of aromatic nitrogens is 1. The molecular formula is C27H29F2NO6. The SMILES string of the molecule is C/C=C(\C=C/C(C)c1noc2cc(Oc3cccc(OC(C)(C)C(=O)O)c3)ccc12)OC(F)F.C=C. The molecule has 0 bridgehead atoms. The lowest BCUT2D eigenvalue weighted by atomic mass is 10.0. The molecule has 0 fully saturated rings. The van der Waals surface area contributed by atoms with E-state index in [4.69, 9.17) is 14.0 Å². The zero-order valence-corrected chi connectivity index (χ0v) is 20.5. The van der Waals surface area contributed by atoms with E-state index < -0.39 is 18.2 Å². The normalized spacial score (nSPS) is 12.8. The lowest BCUT2D eigenvalue weighted by Crippen LogP contribution is -2.37. The molecule has 0 aliphatic rings. The standard InChI is InChI=1S/C25H25F2NO6.C2H4/c1-5-16(32-24(26)27)10-9-15(2)22-20-12-11-18(14-21(20)34-28-22)31-17-7-6-8-19(13-17)33-25(3,4)23(29)30;1-2/h5-15,24H,1-4H3,(H,29,30);1-2H2/b10-9-,16-5+;. The van der Waals surface area contributed by atoms with Gasteiger partial charge in [0.1, 0.15) is 23.0 Å². The van der Waals surface area contributed by atoms with Crippen molar-refractivity contribution in [2.75, 3.05) is 0 Å². The number of hydrogen-bond donors (Lipinski definition) is 1. The summed E-state index contributed by atoms with van der Waals surface area (Å²) < 4.78 is 46.1. The van der Waals surface area contributed by atoms with E-state index in [1.807, 2.05) is 6.92 Å². The number of rotatable bonds is 10. The average molecular weight is 502 g/mol. The molecule has 0 amide bonds. The minimum atomic E-state index is -2.90. The lowest BCUT2D eigenvalue weighted by Gasteiger charge is -2.21. The number of carboxylic acids is 1. The molecule has 0 radical (unpaired) electrons. The van der Waals surface area contributed by atoms with Gasteiger partial charge in [0.15, 0.2) is 11.2 Å². The van der Waals surface area contributed by atoms with Crippen LogP contribution in [-0.2, 0) is 9.53 Å². The second-order valence-corrected chi connectivity index (χ2v) is 7.94. The highest BCUT2D eigenvalue weighted by Gasteiger charge is 2.29. The number of hydrogen-bond acceptors (Lipinski definition) is 6. The lowest BCUT2D eigenvalue weighted by molar-refractivity contribution is -0.152. The van der Waals surface area contributed by atoms with E-state index in [-0.39, 0.29) is 11.7 Å². The Labute approximate surface area is 208 Å². The third-order valence-corrected chi connectivity index (χ3v) is 4.89. The maximum absolute atomic E-state index is 12.4. The van der Waals surface area contributed by atoms with Crippen LogP contribution in [0.15, 0.2) is 84.1 Å². The average Bonchev–Trinajstić information content (AvgIpc) is 3.26. The summed E-state index contributed by atoms with van der Waals surface area (Å²) in [5.74, 6) is 0.0309. The van der Waals surface area contributed by atoms with Gasteiger partial charge in [-0.25, -0.2) is 4.79 Å². The second-order valence-electron chi connectivity index (χ2n) is 7.94. The summed E-state index contributed by atoms with van der Waals surface area (Å²) in [5, 5.41) is 14.1. The Morgan fingerprint density at radius 1 is 1.14 bits per heavy atom. The molecule has 0 spiro atoms. The molecule has 0 saturated heterocycles. The predicted molar refractivity (Wildman–Crippen MR) is 133 cm³/mol. The van der Waals surface area contributed by atoms with Gasteiger partial charge in [0.2, 0.25) is 0 Å². The van der Waals surface area contributed by atoms with Gasteiger partial charge in [-0.2, -0.15) is 8.78 Å². The van der Waals surface area contributed by atoms with Gasteiger partial charge in [0.25, 0.3) is 0 Å². The van der Waals surface area contributed by atoms with Gasteiger partial charge in [-0.1, -0.05) is 24.2 Å². The van der Waals surface area contributed by atoms with Crippen molar-refractivity contribution in [1.82, 2.24) is 5.16 Å². The van der Waals surface area contributed by atoms with E-state index in [9.17, 15) is 18.7 Å². The van der Waals surface area contributed by atoms with Crippen LogP contribution in [0.25, 0.3) is 11.0 Å². The fraction of sp³-hybridized carbons (Fsp3) is 0.259. The van der Waals surface area contributed by atoms with Crippen molar-refractivity contribution in [3.05, 3.63) is 85.3 Å². The zero-order chi connectivity index (χ0) is 26.9. The first kappa shape index (κ1) is 28.1. The first-order valence-corrected chi connectivity index (χ1v) is 11.0. The Hall–Kier alpha value is -4.14. The third-order valence-electron chi connectivity index (χ3n) is 4.89. The van der Waals surface area contributed by atoms with Gasteiger partial charge in [-0.3, -0.25) is 0 Å². The first-order valence-electron chi connectivity index (χ1n) is 11.0. The smallest absolute Gasteiger partial charge is 0.387 e. The van der Waals surface area contributed by atoms with Crippen LogP contribution in [0.1, 0.15) is 39.3 Å². The number of ether oxygens (including phenoxy) is 3. The number of alkyl halides is 2. The highest BCUT2D eigenvalue weighted by Crippen LogP contribution is 2.32. The molecule has 36 heavy (non-hydrogen) atoms. The maximum Gasteiger partial charge on any atom is 0.387 e. The van der Waals surface area contributed by atoms with Crippen LogP contribution in [0.4, 0.5) is 8.78 Å². The maximum atomic E-state index is 12.4. The molecular weight excluding hydrogens is 472 g/mol. The van der Waals surface area contributed by atoms with Crippen molar-refractivity contribution in [2.45, 2.75) is 45.8 Å². The van der Waals surface area contributed by atoms with Crippen molar-refractivity contribution in [2.24, 2.45) is 0 Å². The summed E-state index contributed by atoms with van der Waals surface area (Å²) in [5.41, 5.74) is -0.267. The van der Waals surface area contributed by atoms with Crippen molar-refractivity contribution in [3.8, 4) is 17.2 Å². The van der Waals surface area contributed by atoms with E-state index in [2.05, 4.69) is 23.1 Å². The molecule has 1 N–H and O–H groups in total.